The zero-order valence-corrected chi connectivity index (χ0v) is 16.7. The molecule has 0 aromatic heterocycles. The van der Waals surface area contributed by atoms with Crippen molar-refractivity contribution in [3.8, 4) is 0 Å². The van der Waals surface area contributed by atoms with Crippen LogP contribution in [-0.2, 0) is 19.3 Å². The van der Waals surface area contributed by atoms with Gasteiger partial charge in [0.25, 0.3) is 0 Å². The molecule has 0 aliphatic rings. The van der Waals surface area contributed by atoms with E-state index in [0.717, 1.165) is 12.8 Å². The average molecular weight is 403 g/mol. The number of aryl methyl sites for hydroxylation is 2. The molecular formula is C14H30Br2NP. The summed E-state index contributed by atoms with van der Waals surface area (Å²) in [5.74, 6) is 0. The quantitative estimate of drug-likeness (QED) is 0.658. The van der Waals surface area contributed by atoms with E-state index >= 15 is 0 Å². The monoisotopic (exact) mass is 401 g/mol. The molecule has 3 N–H and O–H groups in total. The van der Waals surface area contributed by atoms with Crippen LogP contribution in [0.4, 0.5) is 0 Å². The fraction of sp³-hybridized carbons (Fsp3) is 0.571. The van der Waals surface area contributed by atoms with E-state index in [2.05, 4.69) is 55.1 Å². The van der Waals surface area contributed by atoms with Gasteiger partial charge in [-0.15, -0.1) is 43.2 Å². The Bertz CT molecular complexity index is 258. The first-order valence-electron chi connectivity index (χ1n) is 6.04. The molecule has 4 heteroatoms. The molecule has 0 radical (unpaired) electrons. The van der Waals surface area contributed by atoms with Gasteiger partial charge in [-0.2, -0.15) is 0 Å². The van der Waals surface area contributed by atoms with Crippen molar-refractivity contribution in [2.45, 2.75) is 47.0 Å². The normalized spacial score (nSPS) is 7.83. The molecule has 0 fully saturated rings. The highest BCUT2D eigenvalue weighted by Gasteiger charge is 2.02. The Balaban J connectivity index is -0.000000149. The SMILES string of the molecule is Br.Br.CCP.CCc1cccc(CC)c1CC.N. The number of rotatable bonds is 3. The van der Waals surface area contributed by atoms with E-state index in [1.807, 2.05) is 0 Å². The molecule has 0 aliphatic carbocycles. The minimum Gasteiger partial charge on any atom is -0.344 e. The lowest BCUT2D eigenvalue weighted by atomic mass is 9.96. The van der Waals surface area contributed by atoms with Gasteiger partial charge in [-0.25, -0.2) is 0 Å². The van der Waals surface area contributed by atoms with Crippen LogP contribution in [0.25, 0.3) is 0 Å². The predicted octanol–water partition coefficient (Wildman–Crippen LogP) is 5.57. The fourth-order valence-corrected chi connectivity index (χ4v) is 1.80. The molecule has 0 aliphatic heterocycles. The molecule has 1 aromatic carbocycles. The van der Waals surface area contributed by atoms with Crippen molar-refractivity contribution in [3.63, 3.8) is 0 Å². The number of hydrogen-bond acceptors (Lipinski definition) is 1. The van der Waals surface area contributed by atoms with Crippen LogP contribution < -0.4 is 6.15 Å². The summed E-state index contributed by atoms with van der Waals surface area (Å²) in [5.41, 5.74) is 4.62. The van der Waals surface area contributed by atoms with Crippen LogP contribution in [0.1, 0.15) is 44.4 Å². The van der Waals surface area contributed by atoms with E-state index in [1.165, 1.54) is 23.7 Å². The topological polar surface area (TPSA) is 35.0 Å². The second-order valence-corrected chi connectivity index (χ2v) is 4.34. The van der Waals surface area contributed by atoms with Crippen LogP contribution in [0.2, 0.25) is 0 Å². The number of halogens is 2. The lowest BCUT2D eigenvalue weighted by Crippen LogP contribution is -1.96. The smallest absolute Gasteiger partial charge is 0.0302 e. The predicted molar refractivity (Wildman–Crippen MR) is 100 cm³/mol. The zero-order chi connectivity index (χ0) is 11.7. The van der Waals surface area contributed by atoms with Gasteiger partial charge < -0.3 is 6.15 Å². The highest BCUT2D eigenvalue weighted by Crippen LogP contribution is 2.16. The van der Waals surface area contributed by atoms with Crippen molar-refractivity contribution in [2.24, 2.45) is 0 Å². The van der Waals surface area contributed by atoms with E-state index in [-0.39, 0.29) is 40.1 Å². The third kappa shape index (κ3) is 9.49. The Labute approximate surface area is 137 Å². The molecule has 1 aromatic rings. The summed E-state index contributed by atoms with van der Waals surface area (Å²) in [4.78, 5) is 0. The molecule has 1 rings (SSSR count). The Kier molecular flexibility index (Phi) is 26.4. The van der Waals surface area contributed by atoms with Crippen LogP contribution in [-0.4, -0.2) is 6.16 Å². The zero-order valence-electron chi connectivity index (χ0n) is 12.2. The maximum absolute atomic E-state index is 2.58. The molecule has 0 heterocycles. The van der Waals surface area contributed by atoms with Crippen LogP contribution in [0.15, 0.2) is 18.2 Å². The van der Waals surface area contributed by atoms with Crippen molar-refractivity contribution in [3.05, 3.63) is 34.9 Å². The standard InChI is InChI=1S/C12H18.C2H7P.2BrH.H3N/c1-4-10-8-7-9-11(5-2)12(10)6-3;1-2-3;;;/h7-9H,4-6H2,1-3H3;2-3H2,1H3;2*1H;1H3. The maximum atomic E-state index is 2.58. The van der Waals surface area contributed by atoms with Gasteiger partial charge in [-0.1, -0.05) is 45.9 Å². The first-order valence-corrected chi connectivity index (χ1v) is 6.86. The molecule has 110 valence electrons. The van der Waals surface area contributed by atoms with Gasteiger partial charge in [0.2, 0.25) is 0 Å². The lowest BCUT2D eigenvalue weighted by Gasteiger charge is -2.10. The van der Waals surface area contributed by atoms with Crippen LogP contribution in [0, 0.1) is 0 Å². The average Bonchev–Trinajstić information content (AvgIpc) is 2.28. The highest BCUT2D eigenvalue weighted by atomic mass is 79.9. The summed E-state index contributed by atoms with van der Waals surface area (Å²) in [6, 6.07) is 6.67. The molecule has 18 heavy (non-hydrogen) atoms. The summed E-state index contributed by atoms with van der Waals surface area (Å²) < 4.78 is 0. The number of hydrogen-bond donors (Lipinski definition) is 1. The van der Waals surface area contributed by atoms with Crippen molar-refractivity contribution in [2.75, 3.05) is 6.16 Å². The first kappa shape index (κ1) is 27.0. The Hall–Kier alpha value is 0.570. The van der Waals surface area contributed by atoms with Crippen molar-refractivity contribution in [1.29, 1.82) is 0 Å². The third-order valence-corrected chi connectivity index (χ3v) is 2.49. The van der Waals surface area contributed by atoms with Gasteiger partial charge in [0.15, 0.2) is 0 Å². The molecule has 0 amide bonds. The summed E-state index contributed by atoms with van der Waals surface area (Å²) in [6.07, 6.45) is 4.67. The molecule has 1 unspecified atom stereocenters. The Morgan fingerprint density at radius 3 is 1.39 bits per heavy atom. The van der Waals surface area contributed by atoms with E-state index in [4.69, 9.17) is 0 Å². The minimum absolute atomic E-state index is 0. The Morgan fingerprint density at radius 1 is 0.833 bits per heavy atom. The molecule has 0 saturated heterocycles. The molecule has 1 atom stereocenters. The van der Waals surface area contributed by atoms with Gasteiger partial charge in [0.05, 0.1) is 0 Å². The maximum Gasteiger partial charge on any atom is -0.0302 e. The molecule has 0 saturated carbocycles. The van der Waals surface area contributed by atoms with Crippen molar-refractivity contribution in [1.82, 2.24) is 6.15 Å². The van der Waals surface area contributed by atoms with E-state index < -0.39 is 0 Å². The van der Waals surface area contributed by atoms with Crippen molar-refractivity contribution >= 4 is 43.2 Å². The van der Waals surface area contributed by atoms with Gasteiger partial charge in [0, 0.05) is 0 Å². The highest BCUT2D eigenvalue weighted by molar-refractivity contribution is 8.93. The molecule has 0 bridgehead atoms. The summed E-state index contributed by atoms with van der Waals surface area (Å²) >= 11 is 0. The molecule has 0 spiro atoms. The summed E-state index contributed by atoms with van der Waals surface area (Å²) in [7, 11) is 2.58. The Morgan fingerprint density at radius 2 is 1.17 bits per heavy atom. The first-order chi connectivity index (χ1) is 7.24. The van der Waals surface area contributed by atoms with Crippen LogP contribution >= 0.6 is 43.2 Å². The van der Waals surface area contributed by atoms with Gasteiger partial charge in [-0.3, -0.25) is 0 Å². The van der Waals surface area contributed by atoms with Crippen LogP contribution in [0.3, 0.4) is 0 Å². The second kappa shape index (κ2) is 17.6. The molecular weight excluding hydrogens is 373 g/mol. The van der Waals surface area contributed by atoms with E-state index in [0.29, 0.717) is 0 Å². The van der Waals surface area contributed by atoms with E-state index in [9.17, 15) is 0 Å². The lowest BCUT2D eigenvalue weighted by molar-refractivity contribution is 0.981. The fourth-order valence-electron chi connectivity index (χ4n) is 1.80. The van der Waals surface area contributed by atoms with Crippen LogP contribution in [0.5, 0.6) is 0 Å². The minimum atomic E-state index is 0. The number of benzene rings is 1. The van der Waals surface area contributed by atoms with Gasteiger partial charge >= 0.3 is 0 Å². The van der Waals surface area contributed by atoms with E-state index in [1.54, 1.807) is 5.56 Å². The van der Waals surface area contributed by atoms with Gasteiger partial charge in [-0.05, 0) is 42.1 Å². The largest absolute Gasteiger partial charge is 0.344 e. The summed E-state index contributed by atoms with van der Waals surface area (Å²) in [6.45, 7) is 8.79. The second-order valence-electron chi connectivity index (χ2n) is 3.52. The van der Waals surface area contributed by atoms with Gasteiger partial charge in [0.1, 0.15) is 0 Å². The summed E-state index contributed by atoms with van der Waals surface area (Å²) in [5, 5.41) is 0. The van der Waals surface area contributed by atoms with Crippen molar-refractivity contribution < 1.29 is 0 Å². The third-order valence-electron chi connectivity index (χ3n) is 2.49. The molecule has 1 nitrogen and oxygen atoms in total.